The van der Waals surface area contributed by atoms with Gasteiger partial charge in [0, 0.05) is 13.0 Å². The summed E-state index contributed by atoms with van der Waals surface area (Å²) in [4.78, 5) is 24.4. The van der Waals surface area contributed by atoms with Crippen LogP contribution >= 0.6 is 0 Å². The van der Waals surface area contributed by atoms with Crippen LogP contribution in [-0.2, 0) is 9.59 Å². The lowest BCUT2D eigenvalue weighted by Gasteiger charge is -2.35. The number of rotatable bonds is 2. The van der Waals surface area contributed by atoms with Crippen molar-refractivity contribution in [1.82, 2.24) is 4.90 Å². The van der Waals surface area contributed by atoms with E-state index in [9.17, 15) is 9.59 Å². The quantitative estimate of drug-likeness (QED) is 0.702. The predicted molar refractivity (Wildman–Crippen MR) is 53.4 cm³/mol. The molecule has 4 nitrogen and oxygen atoms in total. The molecule has 0 unspecified atom stereocenters. The van der Waals surface area contributed by atoms with Crippen molar-refractivity contribution in [1.29, 1.82) is 0 Å². The Kier molecular flexibility index (Phi) is 2.83. The fourth-order valence-electron chi connectivity index (χ4n) is 1.99. The van der Waals surface area contributed by atoms with E-state index < -0.39 is 11.9 Å². The van der Waals surface area contributed by atoms with Crippen molar-refractivity contribution in [2.75, 3.05) is 6.54 Å². The highest BCUT2D eigenvalue weighted by atomic mass is 16.2. The molecule has 1 saturated heterocycles. The van der Waals surface area contributed by atoms with Gasteiger partial charge in [-0.15, -0.1) is 0 Å². The second-order valence-electron chi connectivity index (χ2n) is 4.86. The Morgan fingerprint density at radius 1 is 1.50 bits per heavy atom. The molecule has 80 valence electrons. The molecule has 0 bridgehead atoms. The van der Waals surface area contributed by atoms with Gasteiger partial charge in [0.25, 0.3) is 0 Å². The Hall–Kier alpha value is -1.06. The van der Waals surface area contributed by atoms with E-state index in [1.54, 1.807) is 4.90 Å². The van der Waals surface area contributed by atoms with Crippen molar-refractivity contribution in [3.63, 3.8) is 0 Å². The van der Waals surface area contributed by atoms with Crippen LogP contribution in [0.15, 0.2) is 0 Å². The van der Waals surface area contributed by atoms with Crippen LogP contribution in [0.25, 0.3) is 0 Å². The fraction of sp³-hybridized carbons (Fsp3) is 0.800. The van der Waals surface area contributed by atoms with Crippen LogP contribution < -0.4 is 5.73 Å². The standard InChI is InChI=1S/C10H18N2O2/c1-10(2,3)8(9(11)14)12-6-4-5-7(12)13/h8H,4-6H2,1-3H3,(H2,11,14)/t8-/m1/s1. The number of primary amides is 1. The second kappa shape index (κ2) is 3.59. The Bertz CT molecular complexity index is 255. The normalized spacial score (nSPS) is 19.9. The van der Waals surface area contributed by atoms with Crippen molar-refractivity contribution >= 4 is 11.8 Å². The van der Waals surface area contributed by atoms with Gasteiger partial charge in [0.1, 0.15) is 6.04 Å². The van der Waals surface area contributed by atoms with Gasteiger partial charge < -0.3 is 10.6 Å². The first-order chi connectivity index (χ1) is 6.34. The van der Waals surface area contributed by atoms with E-state index in [-0.39, 0.29) is 11.3 Å². The van der Waals surface area contributed by atoms with Crippen LogP contribution in [-0.4, -0.2) is 29.3 Å². The van der Waals surface area contributed by atoms with Crippen molar-refractivity contribution in [3.05, 3.63) is 0 Å². The van der Waals surface area contributed by atoms with Gasteiger partial charge >= 0.3 is 0 Å². The van der Waals surface area contributed by atoms with E-state index in [0.29, 0.717) is 13.0 Å². The van der Waals surface area contributed by atoms with Crippen LogP contribution in [0, 0.1) is 5.41 Å². The Morgan fingerprint density at radius 3 is 2.36 bits per heavy atom. The summed E-state index contributed by atoms with van der Waals surface area (Å²) < 4.78 is 0. The summed E-state index contributed by atoms with van der Waals surface area (Å²) in [6.45, 7) is 6.43. The molecule has 1 aliphatic heterocycles. The predicted octanol–water partition coefficient (Wildman–Crippen LogP) is 0.509. The summed E-state index contributed by atoms with van der Waals surface area (Å²) in [6, 6.07) is -0.475. The molecule has 0 saturated carbocycles. The molecule has 0 aromatic carbocycles. The maximum absolute atomic E-state index is 11.5. The molecule has 2 N–H and O–H groups in total. The zero-order valence-corrected chi connectivity index (χ0v) is 9.04. The topological polar surface area (TPSA) is 63.4 Å². The Morgan fingerprint density at radius 2 is 2.07 bits per heavy atom. The highest BCUT2D eigenvalue weighted by molar-refractivity contribution is 5.88. The molecular weight excluding hydrogens is 180 g/mol. The Labute approximate surface area is 84.4 Å². The minimum absolute atomic E-state index is 0.0451. The van der Waals surface area contributed by atoms with Crippen molar-refractivity contribution in [2.24, 2.45) is 11.1 Å². The zero-order valence-electron chi connectivity index (χ0n) is 9.04. The molecule has 4 heteroatoms. The number of amides is 2. The SMILES string of the molecule is CC(C)(C)[C@@H](C(N)=O)N1CCCC1=O. The van der Waals surface area contributed by atoms with Crippen LogP contribution in [0.5, 0.6) is 0 Å². The van der Waals surface area contributed by atoms with E-state index in [2.05, 4.69) is 0 Å². The summed E-state index contributed by atoms with van der Waals surface area (Å²) in [5.74, 6) is -0.364. The highest BCUT2D eigenvalue weighted by Gasteiger charge is 2.39. The van der Waals surface area contributed by atoms with Crippen molar-refractivity contribution in [3.8, 4) is 0 Å². The smallest absolute Gasteiger partial charge is 0.240 e. The highest BCUT2D eigenvalue weighted by Crippen LogP contribution is 2.27. The lowest BCUT2D eigenvalue weighted by atomic mass is 9.85. The maximum Gasteiger partial charge on any atom is 0.240 e. The molecule has 0 aliphatic carbocycles. The molecule has 0 spiro atoms. The third-order valence-electron chi connectivity index (χ3n) is 2.51. The fourth-order valence-corrected chi connectivity index (χ4v) is 1.99. The van der Waals surface area contributed by atoms with Gasteiger partial charge in [0.2, 0.25) is 11.8 Å². The van der Waals surface area contributed by atoms with Gasteiger partial charge in [-0.25, -0.2) is 0 Å². The lowest BCUT2D eigenvalue weighted by molar-refractivity contribution is -0.139. The first-order valence-corrected chi connectivity index (χ1v) is 4.93. The minimum atomic E-state index is -0.475. The van der Waals surface area contributed by atoms with Gasteiger partial charge in [-0.05, 0) is 11.8 Å². The molecule has 1 heterocycles. The summed E-state index contributed by atoms with van der Waals surface area (Å²) in [7, 11) is 0. The molecule has 1 fully saturated rings. The molecule has 0 aromatic heterocycles. The van der Waals surface area contributed by atoms with Crippen molar-refractivity contribution < 1.29 is 9.59 Å². The largest absolute Gasteiger partial charge is 0.368 e. The minimum Gasteiger partial charge on any atom is -0.368 e. The number of hydrogen-bond acceptors (Lipinski definition) is 2. The molecule has 1 atom stereocenters. The Balaban J connectivity index is 2.88. The second-order valence-corrected chi connectivity index (χ2v) is 4.86. The number of hydrogen-bond donors (Lipinski definition) is 1. The van der Waals surface area contributed by atoms with Crippen LogP contribution in [0.2, 0.25) is 0 Å². The number of carbonyl (C=O) groups excluding carboxylic acids is 2. The van der Waals surface area contributed by atoms with Gasteiger partial charge in [-0.2, -0.15) is 0 Å². The lowest BCUT2D eigenvalue weighted by Crippen LogP contribution is -2.52. The van der Waals surface area contributed by atoms with Gasteiger partial charge in [0.05, 0.1) is 0 Å². The molecular formula is C10H18N2O2. The van der Waals surface area contributed by atoms with E-state index >= 15 is 0 Å². The van der Waals surface area contributed by atoms with Crippen LogP contribution in [0.3, 0.4) is 0 Å². The van der Waals surface area contributed by atoms with Crippen molar-refractivity contribution in [2.45, 2.75) is 39.7 Å². The number of nitrogens with zero attached hydrogens (tertiary/aromatic N) is 1. The van der Waals surface area contributed by atoms with E-state index in [1.165, 1.54) is 0 Å². The number of nitrogens with two attached hydrogens (primary N) is 1. The van der Waals surface area contributed by atoms with E-state index in [4.69, 9.17) is 5.73 Å². The molecule has 0 radical (unpaired) electrons. The molecule has 14 heavy (non-hydrogen) atoms. The molecule has 2 amide bonds. The monoisotopic (exact) mass is 198 g/mol. The van der Waals surface area contributed by atoms with Crippen LogP contribution in [0.4, 0.5) is 0 Å². The summed E-state index contributed by atoms with van der Waals surface area (Å²) in [5.41, 5.74) is 5.05. The molecule has 0 aromatic rings. The third-order valence-corrected chi connectivity index (χ3v) is 2.51. The maximum atomic E-state index is 11.5. The number of likely N-dealkylation sites (tertiary alicyclic amines) is 1. The first kappa shape index (κ1) is 11.0. The van der Waals surface area contributed by atoms with Gasteiger partial charge in [0.15, 0.2) is 0 Å². The van der Waals surface area contributed by atoms with E-state index in [1.807, 2.05) is 20.8 Å². The molecule has 1 rings (SSSR count). The van der Waals surface area contributed by atoms with Crippen LogP contribution in [0.1, 0.15) is 33.6 Å². The first-order valence-electron chi connectivity index (χ1n) is 4.93. The zero-order chi connectivity index (χ0) is 10.9. The third kappa shape index (κ3) is 2.05. The van der Waals surface area contributed by atoms with Gasteiger partial charge in [-0.3, -0.25) is 9.59 Å². The summed E-state index contributed by atoms with van der Waals surface area (Å²) in [6.07, 6.45) is 1.37. The summed E-state index contributed by atoms with van der Waals surface area (Å²) >= 11 is 0. The number of carbonyl (C=O) groups is 2. The average Bonchev–Trinajstić information content (AvgIpc) is 2.32. The van der Waals surface area contributed by atoms with Gasteiger partial charge in [-0.1, -0.05) is 20.8 Å². The van der Waals surface area contributed by atoms with E-state index in [0.717, 1.165) is 6.42 Å². The average molecular weight is 198 g/mol. The molecule has 1 aliphatic rings. The summed E-state index contributed by atoms with van der Waals surface area (Å²) in [5, 5.41) is 0.